The Morgan fingerprint density at radius 2 is 1.48 bits per heavy atom. The van der Waals surface area contributed by atoms with E-state index in [-0.39, 0.29) is 22.3 Å². The minimum absolute atomic E-state index is 0.165. The van der Waals surface area contributed by atoms with Crippen LogP contribution in [0.15, 0.2) is 102 Å². The van der Waals surface area contributed by atoms with Crippen molar-refractivity contribution in [3.8, 4) is 22.7 Å². The molecule has 0 aliphatic heterocycles. The highest BCUT2D eigenvalue weighted by Crippen LogP contribution is 2.35. The van der Waals surface area contributed by atoms with Crippen LogP contribution in [0.2, 0.25) is 0 Å². The van der Waals surface area contributed by atoms with Crippen LogP contribution in [-0.2, 0) is 0 Å². The maximum absolute atomic E-state index is 15.5. The molecule has 0 aliphatic rings. The summed E-state index contributed by atoms with van der Waals surface area (Å²) in [6.07, 6.45) is 0. The van der Waals surface area contributed by atoms with Gasteiger partial charge in [-0.1, -0.05) is 66.7 Å². The van der Waals surface area contributed by atoms with Gasteiger partial charge in [-0.2, -0.15) is 4.98 Å². The van der Waals surface area contributed by atoms with Gasteiger partial charge in [0.05, 0.1) is 12.5 Å². The lowest BCUT2D eigenvalue weighted by molar-refractivity contribution is 0.371. The summed E-state index contributed by atoms with van der Waals surface area (Å²) in [6, 6.07) is 29.5. The molecule has 5 aromatic rings. The normalized spacial score (nSPS) is 10.8. The van der Waals surface area contributed by atoms with Crippen LogP contribution in [0.5, 0.6) is 5.88 Å². The second kappa shape index (κ2) is 8.59. The molecule has 0 unspecified atom stereocenters. The number of ether oxygens (including phenoxy) is 1. The van der Waals surface area contributed by atoms with Gasteiger partial charge in [-0.05, 0) is 29.8 Å². The number of nitrogens with one attached hydrogen (secondary N) is 1. The summed E-state index contributed by atoms with van der Waals surface area (Å²) in [5.74, 6) is -0.343. The molecule has 2 heterocycles. The molecule has 0 aliphatic carbocycles. The van der Waals surface area contributed by atoms with Gasteiger partial charge < -0.3 is 10.1 Å². The first kappa shape index (κ1) is 20.5. The Morgan fingerprint density at radius 3 is 2.12 bits per heavy atom. The Morgan fingerprint density at radius 1 is 0.879 bits per heavy atom. The maximum atomic E-state index is 15.5. The average molecular weight is 437 g/mol. The van der Waals surface area contributed by atoms with Crippen molar-refractivity contribution >= 4 is 22.5 Å². The number of anilines is 2. The van der Waals surface area contributed by atoms with Gasteiger partial charge in [0.2, 0.25) is 0 Å². The van der Waals surface area contributed by atoms with Crippen molar-refractivity contribution in [2.24, 2.45) is 0 Å². The zero-order valence-corrected chi connectivity index (χ0v) is 17.8. The number of halogens is 1. The molecule has 0 spiro atoms. The number of nitrogens with zero attached hydrogens (tertiary/aromatic N) is 2. The standard InChI is InChI=1S/C27H20FN3O2/c1-33-27-25(28)23(18-11-5-2-6-12-18)24-21(32)17-22(29-19-13-7-3-8-14-19)31(26(24)30-27)20-15-9-4-10-16-20/h2-17,29H,1H3. The van der Waals surface area contributed by atoms with Crippen LogP contribution in [0.4, 0.5) is 15.9 Å². The fourth-order valence-electron chi connectivity index (χ4n) is 3.91. The third-order valence-electron chi connectivity index (χ3n) is 5.37. The van der Waals surface area contributed by atoms with Crippen molar-refractivity contribution in [2.75, 3.05) is 12.4 Å². The summed E-state index contributed by atoms with van der Waals surface area (Å²) in [6.45, 7) is 0. The van der Waals surface area contributed by atoms with Gasteiger partial charge in [-0.3, -0.25) is 9.36 Å². The molecule has 2 aromatic heterocycles. The van der Waals surface area contributed by atoms with Gasteiger partial charge in [0.1, 0.15) is 5.82 Å². The smallest absolute Gasteiger partial charge is 0.252 e. The van der Waals surface area contributed by atoms with Crippen molar-refractivity contribution in [3.05, 3.63) is 113 Å². The van der Waals surface area contributed by atoms with Gasteiger partial charge in [-0.25, -0.2) is 4.39 Å². The number of hydrogen-bond acceptors (Lipinski definition) is 4. The molecule has 6 heteroatoms. The van der Waals surface area contributed by atoms with E-state index in [9.17, 15) is 4.79 Å². The lowest BCUT2D eigenvalue weighted by atomic mass is 10.0. The summed E-state index contributed by atoms with van der Waals surface area (Å²) < 4.78 is 22.6. The van der Waals surface area contributed by atoms with Crippen molar-refractivity contribution in [1.29, 1.82) is 0 Å². The number of para-hydroxylation sites is 2. The lowest BCUT2D eigenvalue weighted by Crippen LogP contribution is -2.16. The van der Waals surface area contributed by atoms with E-state index in [4.69, 9.17) is 4.74 Å². The summed E-state index contributed by atoms with van der Waals surface area (Å²) >= 11 is 0. The molecule has 0 radical (unpaired) electrons. The van der Waals surface area contributed by atoms with Crippen LogP contribution in [0.25, 0.3) is 27.8 Å². The lowest BCUT2D eigenvalue weighted by Gasteiger charge is -2.20. The second-order valence-electron chi connectivity index (χ2n) is 7.43. The first-order valence-electron chi connectivity index (χ1n) is 10.4. The zero-order valence-electron chi connectivity index (χ0n) is 17.8. The second-order valence-corrected chi connectivity index (χ2v) is 7.43. The molecule has 5 nitrogen and oxygen atoms in total. The molecular weight excluding hydrogens is 417 g/mol. The SMILES string of the molecule is COc1nc2c(c(-c3ccccc3)c1F)c(=O)cc(Nc1ccccc1)n2-c1ccccc1. The van der Waals surface area contributed by atoms with Gasteiger partial charge >= 0.3 is 0 Å². The van der Waals surface area contributed by atoms with E-state index >= 15 is 4.39 Å². The number of benzene rings is 3. The maximum Gasteiger partial charge on any atom is 0.252 e. The van der Waals surface area contributed by atoms with Crippen molar-refractivity contribution in [2.45, 2.75) is 0 Å². The molecule has 1 N–H and O–H groups in total. The summed E-state index contributed by atoms with van der Waals surface area (Å²) in [7, 11) is 1.36. The van der Waals surface area contributed by atoms with Crippen LogP contribution >= 0.6 is 0 Å². The summed E-state index contributed by atoms with van der Waals surface area (Å²) in [4.78, 5) is 17.9. The van der Waals surface area contributed by atoms with E-state index in [1.165, 1.54) is 13.2 Å². The molecule has 0 saturated heterocycles. The third kappa shape index (κ3) is 3.72. The minimum atomic E-state index is -0.670. The average Bonchev–Trinajstić information content (AvgIpc) is 2.86. The fraction of sp³-hybridized carbons (Fsp3) is 0.0370. The van der Waals surface area contributed by atoms with Gasteiger partial charge in [-0.15, -0.1) is 0 Å². The third-order valence-corrected chi connectivity index (χ3v) is 5.37. The molecule has 3 aromatic carbocycles. The van der Waals surface area contributed by atoms with E-state index in [1.807, 2.05) is 66.7 Å². The number of hydrogen-bond donors (Lipinski definition) is 1. The number of aromatic nitrogens is 2. The zero-order chi connectivity index (χ0) is 22.8. The van der Waals surface area contributed by atoms with E-state index in [0.29, 0.717) is 17.0 Å². The quantitative estimate of drug-likeness (QED) is 0.370. The van der Waals surface area contributed by atoms with E-state index < -0.39 is 5.82 Å². The van der Waals surface area contributed by atoms with Crippen LogP contribution in [0, 0.1) is 5.82 Å². The van der Waals surface area contributed by atoms with E-state index in [2.05, 4.69) is 10.3 Å². The molecule has 162 valence electrons. The van der Waals surface area contributed by atoms with Crippen molar-refractivity contribution < 1.29 is 9.13 Å². The molecule has 0 bridgehead atoms. The number of methoxy groups -OCH3 is 1. The van der Waals surface area contributed by atoms with E-state index in [0.717, 1.165) is 11.4 Å². The van der Waals surface area contributed by atoms with Crippen molar-refractivity contribution in [3.63, 3.8) is 0 Å². The Kier molecular flexibility index (Phi) is 5.32. The van der Waals surface area contributed by atoms with Gasteiger partial charge in [0.25, 0.3) is 5.88 Å². The highest BCUT2D eigenvalue weighted by molar-refractivity contribution is 5.95. The highest BCUT2D eigenvalue weighted by atomic mass is 19.1. The summed E-state index contributed by atoms with van der Waals surface area (Å²) in [5, 5.41) is 3.49. The Balaban J connectivity index is 1.91. The molecule has 0 amide bonds. The molecule has 0 saturated carbocycles. The molecule has 0 atom stereocenters. The first-order valence-corrected chi connectivity index (χ1v) is 10.4. The minimum Gasteiger partial charge on any atom is -0.479 e. The highest BCUT2D eigenvalue weighted by Gasteiger charge is 2.23. The molecule has 0 fully saturated rings. The topological polar surface area (TPSA) is 56.1 Å². The van der Waals surface area contributed by atoms with Crippen LogP contribution < -0.4 is 15.5 Å². The van der Waals surface area contributed by atoms with Crippen LogP contribution in [0.1, 0.15) is 0 Å². The predicted molar refractivity (Wildman–Crippen MR) is 129 cm³/mol. The van der Waals surface area contributed by atoms with E-state index in [1.54, 1.807) is 28.8 Å². The fourth-order valence-corrected chi connectivity index (χ4v) is 3.91. The van der Waals surface area contributed by atoms with Gasteiger partial charge in [0.15, 0.2) is 16.9 Å². The predicted octanol–water partition coefficient (Wildman–Crippen LogP) is 5.94. The van der Waals surface area contributed by atoms with Crippen molar-refractivity contribution in [1.82, 2.24) is 9.55 Å². The Bertz CT molecular complexity index is 1490. The van der Waals surface area contributed by atoms with Gasteiger partial charge in [0, 0.05) is 23.0 Å². The number of fused-ring (bicyclic) bond motifs is 1. The molecule has 33 heavy (non-hydrogen) atoms. The Hall–Kier alpha value is -4.45. The first-order chi connectivity index (χ1) is 16.2. The number of pyridine rings is 2. The monoisotopic (exact) mass is 437 g/mol. The van der Waals surface area contributed by atoms with Crippen LogP contribution in [-0.4, -0.2) is 16.7 Å². The summed E-state index contributed by atoms with van der Waals surface area (Å²) in [5.41, 5.74) is 2.26. The Labute approximate surface area is 189 Å². The number of rotatable bonds is 5. The largest absolute Gasteiger partial charge is 0.479 e. The molecular formula is C27H20FN3O2. The molecule has 5 rings (SSSR count). The van der Waals surface area contributed by atoms with Crippen LogP contribution in [0.3, 0.4) is 0 Å².